The first-order valence-electron chi connectivity index (χ1n) is 9.64. The van der Waals surface area contributed by atoms with Crippen LogP contribution in [0.5, 0.6) is 0 Å². The number of pyridine rings is 1. The van der Waals surface area contributed by atoms with E-state index in [0.717, 1.165) is 0 Å². The third kappa shape index (κ3) is 5.10. The quantitative estimate of drug-likeness (QED) is 0.548. The van der Waals surface area contributed by atoms with Crippen molar-refractivity contribution < 1.29 is 22.2 Å². The Kier molecular flexibility index (Phi) is 6.75. The summed E-state index contributed by atoms with van der Waals surface area (Å²) >= 11 is 6.13. The molecule has 2 amide bonds. The maximum atomic E-state index is 13.3. The van der Waals surface area contributed by atoms with Crippen LogP contribution in [0.15, 0.2) is 47.0 Å². The molecular weight excluding hydrogens is 464 g/mol. The normalized spacial score (nSPS) is 14.7. The molecule has 0 N–H and O–H groups in total. The zero-order valence-electron chi connectivity index (χ0n) is 16.7. The Morgan fingerprint density at radius 1 is 1.22 bits per heavy atom. The van der Waals surface area contributed by atoms with Gasteiger partial charge in [-0.25, -0.2) is 4.79 Å². The van der Waals surface area contributed by atoms with E-state index in [9.17, 15) is 17.8 Å². The van der Waals surface area contributed by atoms with E-state index < -0.39 is 23.1 Å². The van der Waals surface area contributed by atoms with Crippen LogP contribution in [0.4, 0.5) is 19.3 Å². The van der Waals surface area contributed by atoms with Gasteiger partial charge in [0.2, 0.25) is 5.89 Å². The smallest absolute Gasteiger partial charge is 0.324 e. The van der Waals surface area contributed by atoms with Gasteiger partial charge < -0.3 is 9.32 Å². The van der Waals surface area contributed by atoms with Crippen molar-refractivity contribution in [3.05, 3.63) is 59.2 Å². The molecule has 2 aromatic heterocycles. The Bertz CT molecular complexity index is 1120. The van der Waals surface area contributed by atoms with Gasteiger partial charge in [0.1, 0.15) is 0 Å². The van der Waals surface area contributed by atoms with E-state index in [0.29, 0.717) is 46.6 Å². The van der Waals surface area contributed by atoms with E-state index in [1.165, 1.54) is 6.20 Å². The van der Waals surface area contributed by atoms with Crippen LogP contribution in [0.1, 0.15) is 18.0 Å². The number of alkyl halides is 2. The summed E-state index contributed by atoms with van der Waals surface area (Å²) in [7, 11) is -0.912. The average Bonchev–Trinajstić information content (AvgIpc) is 3.29. The predicted molar refractivity (Wildman–Crippen MR) is 115 cm³/mol. The highest BCUT2D eigenvalue weighted by Gasteiger charge is 2.26. The fourth-order valence-corrected chi connectivity index (χ4v) is 4.40. The maximum Gasteiger partial charge on any atom is 0.324 e. The van der Waals surface area contributed by atoms with Gasteiger partial charge in [-0.05, 0) is 30.3 Å². The van der Waals surface area contributed by atoms with E-state index in [1.54, 1.807) is 46.2 Å². The molecule has 1 aliphatic rings. The van der Waals surface area contributed by atoms with Gasteiger partial charge in [-0.15, -0.1) is 10.2 Å². The molecule has 0 atom stereocenters. The Hall–Kier alpha value is -2.92. The lowest BCUT2D eigenvalue weighted by Gasteiger charge is -2.32. The monoisotopic (exact) mass is 481 g/mol. The third-order valence-corrected chi connectivity index (χ3v) is 6.33. The predicted octanol–water partition coefficient (Wildman–Crippen LogP) is 3.91. The average molecular weight is 482 g/mol. The highest BCUT2D eigenvalue weighted by atomic mass is 35.5. The summed E-state index contributed by atoms with van der Waals surface area (Å²) < 4.78 is 41.9. The van der Waals surface area contributed by atoms with Crippen molar-refractivity contribution >= 4 is 34.1 Å². The maximum absolute atomic E-state index is 13.3. The molecule has 3 aromatic rings. The number of halogens is 3. The van der Waals surface area contributed by atoms with Crippen LogP contribution in [0.3, 0.4) is 0 Å². The summed E-state index contributed by atoms with van der Waals surface area (Å²) in [6.07, 6.45) is -1.43. The molecule has 0 saturated carbocycles. The lowest BCUT2D eigenvalue weighted by Crippen LogP contribution is -2.48. The summed E-state index contributed by atoms with van der Waals surface area (Å²) in [6, 6.07) is 9.92. The molecular formula is C20H18ClF2N5O3S. The molecule has 3 heterocycles. The first-order chi connectivity index (χ1) is 15.4. The standard InChI is InChI=1S/C20H18ClF2N5O3S/c21-14-2-1-3-16(10-14)28(20(29)27-6-8-32(30)9-7-27)12-15-5-4-13(11-24-15)18-25-26-19(31-18)17(22)23/h1-5,10-11,17H,6-9,12H2. The lowest BCUT2D eigenvalue weighted by molar-refractivity contribution is 0.116. The number of hydrogen-bond acceptors (Lipinski definition) is 6. The number of aromatic nitrogens is 3. The Balaban J connectivity index is 1.56. The van der Waals surface area contributed by atoms with Crippen LogP contribution in [0.25, 0.3) is 11.5 Å². The van der Waals surface area contributed by atoms with E-state index in [1.807, 2.05) is 0 Å². The topological polar surface area (TPSA) is 92.4 Å². The van der Waals surface area contributed by atoms with Crippen LogP contribution in [-0.2, 0) is 17.3 Å². The van der Waals surface area contributed by atoms with E-state index in [4.69, 9.17) is 16.0 Å². The molecule has 4 rings (SSSR count). The second-order valence-corrected chi connectivity index (χ2v) is 9.10. The Labute approximate surface area is 189 Å². The van der Waals surface area contributed by atoms with E-state index >= 15 is 0 Å². The van der Waals surface area contributed by atoms with Crippen molar-refractivity contribution in [2.45, 2.75) is 13.0 Å². The second kappa shape index (κ2) is 9.70. The molecule has 32 heavy (non-hydrogen) atoms. The SMILES string of the molecule is O=C(N1CCS(=O)CC1)N(Cc1ccc(-c2nnc(C(F)F)o2)cn1)c1cccc(Cl)c1. The van der Waals surface area contributed by atoms with Gasteiger partial charge >= 0.3 is 12.5 Å². The number of hydrogen-bond donors (Lipinski definition) is 0. The van der Waals surface area contributed by atoms with Crippen LogP contribution < -0.4 is 4.90 Å². The first kappa shape index (κ1) is 22.3. The number of nitrogens with zero attached hydrogens (tertiary/aromatic N) is 5. The number of anilines is 1. The minimum atomic E-state index is -2.85. The fraction of sp³-hybridized carbons (Fsp3) is 0.300. The minimum Gasteiger partial charge on any atom is -0.415 e. The highest BCUT2D eigenvalue weighted by Crippen LogP contribution is 2.25. The Morgan fingerprint density at radius 3 is 2.62 bits per heavy atom. The molecule has 0 bridgehead atoms. The number of carbonyl (C=O) groups is 1. The highest BCUT2D eigenvalue weighted by molar-refractivity contribution is 7.85. The molecule has 1 aromatic carbocycles. The molecule has 0 radical (unpaired) electrons. The second-order valence-electron chi connectivity index (χ2n) is 6.97. The third-order valence-electron chi connectivity index (χ3n) is 4.82. The van der Waals surface area contributed by atoms with Gasteiger partial charge in [-0.3, -0.25) is 14.1 Å². The van der Waals surface area contributed by atoms with Crippen LogP contribution in [-0.4, -0.2) is 54.9 Å². The van der Waals surface area contributed by atoms with E-state index in [-0.39, 0.29) is 18.5 Å². The number of urea groups is 1. The summed E-state index contributed by atoms with van der Waals surface area (Å²) in [6.45, 7) is 0.947. The van der Waals surface area contributed by atoms with Crippen molar-refractivity contribution in [2.24, 2.45) is 0 Å². The fourth-order valence-electron chi connectivity index (χ4n) is 3.16. The number of carbonyl (C=O) groups excluding carboxylic acids is 1. The molecule has 8 nitrogen and oxygen atoms in total. The molecule has 0 aliphatic carbocycles. The van der Waals surface area contributed by atoms with Gasteiger partial charge in [0, 0.05) is 52.3 Å². The van der Waals surface area contributed by atoms with Crippen molar-refractivity contribution in [3.63, 3.8) is 0 Å². The van der Waals surface area contributed by atoms with Gasteiger partial charge in [0.15, 0.2) is 0 Å². The van der Waals surface area contributed by atoms with Gasteiger partial charge in [-0.2, -0.15) is 8.78 Å². The number of amides is 2. The summed E-state index contributed by atoms with van der Waals surface area (Å²) in [5.41, 5.74) is 1.53. The number of rotatable bonds is 5. The van der Waals surface area contributed by atoms with Gasteiger partial charge in [0.25, 0.3) is 5.89 Å². The van der Waals surface area contributed by atoms with Crippen molar-refractivity contribution in [2.75, 3.05) is 29.5 Å². The Morgan fingerprint density at radius 2 is 2.00 bits per heavy atom. The van der Waals surface area contributed by atoms with E-state index in [2.05, 4.69) is 15.2 Å². The molecule has 168 valence electrons. The summed E-state index contributed by atoms with van der Waals surface area (Å²) in [5, 5.41) is 7.39. The summed E-state index contributed by atoms with van der Waals surface area (Å²) in [5.74, 6) is 0.0485. The van der Waals surface area contributed by atoms with Crippen molar-refractivity contribution in [1.29, 1.82) is 0 Å². The minimum absolute atomic E-state index is 0.0663. The van der Waals surface area contributed by atoms with Crippen molar-refractivity contribution in [3.8, 4) is 11.5 Å². The lowest BCUT2D eigenvalue weighted by atomic mass is 10.2. The molecule has 0 unspecified atom stereocenters. The molecule has 1 fully saturated rings. The zero-order valence-corrected chi connectivity index (χ0v) is 18.2. The molecule has 0 spiro atoms. The van der Waals surface area contributed by atoms with Crippen LogP contribution >= 0.6 is 11.6 Å². The first-order valence-corrected chi connectivity index (χ1v) is 11.5. The number of benzene rings is 1. The van der Waals surface area contributed by atoms with Gasteiger partial charge in [0.05, 0.1) is 17.8 Å². The van der Waals surface area contributed by atoms with Crippen molar-refractivity contribution in [1.82, 2.24) is 20.1 Å². The largest absolute Gasteiger partial charge is 0.415 e. The summed E-state index contributed by atoms with van der Waals surface area (Å²) in [4.78, 5) is 20.8. The van der Waals surface area contributed by atoms with Gasteiger partial charge in [-0.1, -0.05) is 17.7 Å². The zero-order chi connectivity index (χ0) is 22.7. The molecule has 12 heteroatoms. The molecule has 1 saturated heterocycles. The van der Waals surface area contributed by atoms with Crippen LogP contribution in [0.2, 0.25) is 5.02 Å². The molecule has 1 aliphatic heterocycles. The van der Waals surface area contributed by atoms with Crippen LogP contribution in [0, 0.1) is 0 Å².